The second-order valence-electron chi connectivity index (χ2n) is 42.6. The lowest BCUT2D eigenvalue weighted by atomic mass is 9.33. The molecule has 0 aromatic rings. The Balaban J connectivity index is 0.767. The minimum absolute atomic E-state index is 0.00705. The Kier molecular flexibility index (Phi) is 34.8. The van der Waals surface area contributed by atoms with Gasteiger partial charge in [0.05, 0.1) is 87.4 Å². The van der Waals surface area contributed by atoms with Gasteiger partial charge in [-0.05, 0) is 163 Å². The smallest absolute Gasteiger partial charge is 0.336 e. The van der Waals surface area contributed by atoms with E-state index in [1.54, 1.807) is 0 Å². The summed E-state index contributed by atoms with van der Waals surface area (Å²) in [6.45, 7) is 24.8. The van der Waals surface area contributed by atoms with Crippen molar-refractivity contribution in [3.05, 3.63) is 60.3 Å². The number of rotatable bonds is 31. The van der Waals surface area contributed by atoms with Crippen molar-refractivity contribution in [1.29, 1.82) is 0 Å². The zero-order valence-electron chi connectivity index (χ0n) is 79.5. The zero-order chi connectivity index (χ0) is 101. The van der Waals surface area contributed by atoms with Crippen molar-refractivity contribution in [2.24, 2.45) is 50.2 Å². The largest absolute Gasteiger partial charge is 0.452 e. The number of fused-ring (bicyclic) bond motifs is 7. The van der Waals surface area contributed by atoms with E-state index in [0.29, 0.717) is 44.9 Å². The third kappa shape index (κ3) is 22.1. The predicted molar refractivity (Wildman–Crippen MR) is 465 cm³/mol. The maximum atomic E-state index is 16.6. The van der Waals surface area contributed by atoms with E-state index in [1.165, 1.54) is 58.9 Å². The molecule has 0 aromatic carbocycles. The lowest BCUT2D eigenvalue weighted by Crippen LogP contribution is -2.69. The van der Waals surface area contributed by atoms with E-state index in [-0.39, 0.29) is 61.5 Å². The topological polar surface area (TPSA) is 662 Å². The van der Waals surface area contributed by atoms with Crippen LogP contribution in [0.5, 0.6) is 0 Å². The van der Waals surface area contributed by atoms with Crippen molar-refractivity contribution >= 4 is 17.9 Å². The van der Waals surface area contributed by atoms with Gasteiger partial charge < -0.3 is 198 Å². The van der Waals surface area contributed by atoms with Gasteiger partial charge in [-0.1, -0.05) is 84.4 Å². The van der Waals surface area contributed by atoms with Gasteiger partial charge in [-0.3, -0.25) is 4.79 Å². The number of hydrogen-bond acceptors (Lipinski definition) is 43. The molecule has 8 heterocycles. The Bertz CT molecular complexity index is 4190. The van der Waals surface area contributed by atoms with Gasteiger partial charge >= 0.3 is 17.9 Å². The maximum Gasteiger partial charge on any atom is 0.336 e. The first-order chi connectivity index (χ1) is 64.1. The molecule has 12 fully saturated rings. The van der Waals surface area contributed by atoms with Crippen LogP contribution in [0, 0.1) is 50.2 Å². The van der Waals surface area contributed by atoms with Crippen molar-refractivity contribution in [2.45, 2.75) is 411 Å². The Morgan fingerprint density at radius 1 is 0.460 bits per heavy atom. The predicted octanol–water partition coefficient (Wildman–Crippen LogP) is -3.75. The third-order valence-corrected chi connectivity index (χ3v) is 32.4. The van der Waals surface area contributed by atoms with Crippen molar-refractivity contribution in [2.75, 3.05) is 46.2 Å². The molecule has 0 aromatic heterocycles. The first-order valence-corrected chi connectivity index (χ1v) is 47.7. The molecule has 4 unspecified atom stereocenters. The number of hydrogen-bond donors (Lipinski definition) is 22. The summed E-state index contributed by atoms with van der Waals surface area (Å²) in [4.78, 5) is 45.0. The van der Waals surface area contributed by atoms with E-state index in [9.17, 15) is 122 Å². The maximum absolute atomic E-state index is 16.6. The minimum atomic E-state index is -2.28. The monoisotopic (exact) mass is 1960 g/mol. The molecular formula is C94H148O43. The van der Waals surface area contributed by atoms with Crippen molar-refractivity contribution in [1.82, 2.24) is 0 Å². The normalized spacial score (nSPS) is 48.3. The molecule has 4 saturated carbocycles. The van der Waals surface area contributed by atoms with Crippen LogP contribution in [0.4, 0.5) is 0 Å². The SMILES string of the molecule is C=CC(C)(O)CCC=C(C)C(=O)O[C@@H]1[C@@H](O)[C@H](C)O[C@@H](OC[C@H]2O[C@@H](OC(=O)[C@]34CCC(C)(C)C[C@H]3C3=CCC5[C@@]6(C)CC[C@H](O[C@@H]7O[C@H](CO[C@@H]8OC[C@H](O)[C@H](O)[C@H]8O[C@@H]8OC[C@@H](O)[C@H](O)[C@H]8O)[C@@H](O)[C@H](O)[C@H]7O)C(C)(C)C6CC[C@@]5(C)[C@]3(C)C[C@H]4O)[C@H](O[C@@H]3O[C@@H](C)[C@H](O[C@@H]4OC[C@@H](O)[C@H](O[C@@H]5OC[C@@H](O)[C@H](O)[C@H]5O)[C@H]4O)[C@@H](O)[C@H]3O)[C@@H](O)[C@@H]2O)[C@@H]1OC(=O)C(=CCCC(C)(O)C=C)CO. The number of allylic oxidation sites excluding steroid dienone is 4. The summed E-state index contributed by atoms with van der Waals surface area (Å²) in [7, 11) is 0. The second kappa shape index (κ2) is 43.3. The number of carbonyl (C=O) groups is 3. The van der Waals surface area contributed by atoms with Gasteiger partial charge in [0.25, 0.3) is 0 Å². The Hall–Kier alpha value is -4.37. The van der Waals surface area contributed by atoms with E-state index in [1.807, 2.05) is 0 Å². The van der Waals surface area contributed by atoms with Gasteiger partial charge in [0, 0.05) is 5.57 Å². The van der Waals surface area contributed by atoms with Crippen LogP contribution in [0.25, 0.3) is 0 Å². The van der Waals surface area contributed by atoms with Crippen LogP contribution in [0.3, 0.4) is 0 Å². The van der Waals surface area contributed by atoms with Gasteiger partial charge in [-0.25, -0.2) is 9.59 Å². The Morgan fingerprint density at radius 3 is 1.55 bits per heavy atom. The molecule has 43 nitrogen and oxygen atoms in total. The van der Waals surface area contributed by atoms with Crippen LogP contribution in [-0.2, 0) is 99.6 Å². The molecule has 13 aliphatic rings. The van der Waals surface area contributed by atoms with Crippen molar-refractivity contribution in [3.8, 4) is 0 Å². The lowest BCUT2D eigenvalue weighted by Gasteiger charge is -2.71. The van der Waals surface area contributed by atoms with Crippen LogP contribution >= 0.6 is 0 Å². The van der Waals surface area contributed by atoms with Gasteiger partial charge in [-0.15, -0.1) is 13.2 Å². The summed E-state index contributed by atoms with van der Waals surface area (Å²) in [6.07, 6.45) is -54.9. The highest BCUT2D eigenvalue weighted by Gasteiger charge is 2.73. The summed E-state index contributed by atoms with van der Waals surface area (Å²) in [6, 6.07) is 0. The van der Waals surface area contributed by atoms with Gasteiger partial charge in [-0.2, -0.15) is 0 Å². The van der Waals surface area contributed by atoms with E-state index in [0.717, 1.165) is 5.57 Å². The molecule has 0 amide bonds. The molecule has 0 spiro atoms. The fourth-order valence-corrected chi connectivity index (χ4v) is 23.4. The van der Waals surface area contributed by atoms with Gasteiger partial charge in [0.1, 0.15) is 146 Å². The number of ether oxygens (including phenoxy) is 18. The second-order valence-corrected chi connectivity index (χ2v) is 42.6. The van der Waals surface area contributed by atoms with E-state index < -0.39 is 347 Å². The van der Waals surface area contributed by atoms with Crippen LogP contribution in [0.1, 0.15) is 167 Å². The van der Waals surface area contributed by atoms with E-state index in [4.69, 9.17) is 85.3 Å². The van der Waals surface area contributed by atoms with Crippen molar-refractivity contribution < 1.29 is 212 Å². The zero-order valence-corrected chi connectivity index (χ0v) is 79.5. The highest BCUT2D eigenvalue weighted by atomic mass is 16.8. The molecule has 8 aliphatic heterocycles. The number of carbonyl (C=O) groups excluding carboxylic acids is 3. The van der Waals surface area contributed by atoms with Crippen LogP contribution in [-0.4, -0.2) is 421 Å². The standard InChI is InChI=1S/C94H148O43/c1-15-89(10,118)25-17-19-40(3)76(115)131-72-56(101)41(4)126-84(75(72)132-77(116)43(33-95)20-18-26-90(11,119)16-2)125-39-51-61(106)63(108)74(136-81-68(113)64(109)70(42(5)127-81)133-80-69(114)71(49(99)37-122-80)134-78-65(110)57(102)46(96)34-120-78)85(129-51)137-86(117)94-30-29-87(6,7)31-45(94)44-21-22-53-91(12)27-24-55(88(8,9)52(91)23-28-92(53,13)93(44,14)32-54(94)100)130-82-67(112)62(107)60(105)50(128-82)38-124-83-73(59(104)48(98)36-123-83)135-79-66(111)58(103)47(97)35-121-79/h15-16,19-21,41-42,45-75,78-85,95-114,118-119H,1-2,17-18,22-39H2,3-14H3/t41-,42-,45-,46+,47+,48-,49+,50+,51+,52?,53?,54+,55-,56-,57-,58-,59-,60+,61+,62-,63-,64-,65+,66+,67+,68+,69+,70-,71-,72+,73+,74+,75+,78-,79-,80-,81-,82-,83-,84+,85-,89?,90?,91-,92+,93+,94+/m0/s1. The average Bonchev–Trinajstić information content (AvgIpc) is 0.668. The summed E-state index contributed by atoms with van der Waals surface area (Å²) in [5, 5.41) is 248. The lowest BCUT2D eigenvalue weighted by molar-refractivity contribution is -0.381. The molecule has 782 valence electrons. The van der Waals surface area contributed by atoms with E-state index in [2.05, 4.69) is 67.7 Å². The number of aliphatic hydroxyl groups excluding tert-OH is 20. The first kappa shape index (κ1) is 110. The summed E-state index contributed by atoms with van der Waals surface area (Å²) in [5.41, 5.74) is -7.15. The number of aliphatic hydroxyl groups is 22. The Morgan fingerprint density at radius 2 is 0.949 bits per heavy atom. The Labute approximate surface area is 794 Å². The first-order valence-electron chi connectivity index (χ1n) is 47.7. The molecule has 13 rings (SSSR count). The molecular weight excluding hydrogens is 1820 g/mol. The number of esters is 3. The van der Waals surface area contributed by atoms with Crippen molar-refractivity contribution in [3.63, 3.8) is 0 Å². The van der Waals surface area contributed by atoms with E-state index >= 15 is 4.79 Å². The highest BCUT2D eigenvalue weighted by molar-refractivity contribution is 5.89. The average molecular weight is 1970 g/mol. The molecule has 22 N–H and O–H groups in total. The van der Waals surface area contributed by atoms with Gasteiger partial charge in [0.15, 0.2) is 62.3 Å². The summed E-state index contributed by atoms with van der Waals surface area (Å²) >= 11 is 0. The highest BCUT2D eigenvalue weighted by Crippen LogP contribution is 2.76. The van der Waals surface area contributed by atoms with Crippen LogP contribution in [0.2, 0.25) is 0 Å². The molecule has 8 saturated heterocycles. The van der Waals surface area contributed by atoms with Gasteiger partial charge in [0.2, 0.25) is 6.29 Å². The molecule has 137 heavy (non-hydrogen) atoms. The molecule has 0 radical (unpaired) electrons. The third-order valence-electron chi connectivity index (χ3n) is 32.4. The van der Waals surface area contributed by atoms with Crippen LogP contribution < -0.4 is 0 Å². The molecule has 47 atom stereocenters. The fraction of sp³-hybridized carbons (Fsp3) is 0.862. The molecule has 5 aliphatic carbocycles. The molecule has 43 heteroatoms. The quantitative estimate of drug-likeness (QED) is 0.0104. The summed E-state index contributed by atoms with van der Waals surface area (Å²) in [5.74, 6) is -4.27. The fourth-order valence-electron chi connectivity index (χ4n) is 23.4. The van der Waals surface area contributed by atoms with Crippen LogP contribution in [0.15, 0.2) is 60.3 Å². The summed E-state index contributed by atoms with van der Waals surface area (Å²) < 4.78 is 109. The molecule has 0 bridgehead atoms. The minimum Gasteiger partial charge on any atom is -0.452 e.